The smallest absolute Gasteiger partial charge is 0.228 e. The van der Waals surface area contributed by atoms with Crippen molar-refractivity contribution in [1.29, 1.82) is 0 Å². The van der Waals surface area contributed by atoms with Gasteiger partial charge in [0.25, 0.3) is 0 Å². The lowest BCUT2D eigenvalue weighted by Crippen LogP contribution is -2.45. The van der Waals surface area contributed by atoms with Crippen molar-refractivity contribution >= 4 is 5.91 Å². The Morgan fingerprint density at radius 2 is 2.50 bits per heavy atom. The predicted octanol–water partition coefficient (Wildman–Crippen LogP) is 1.06. The molecule has 0 spiro atoms. The molecule has 10 heavy (non-hydrogen) atoms. The van der Waals surface area contributed by atoms with Crippen molar-refractivity contribution in [3.63, 3.8) is 0 Å². The zero-order valence-electron chi connectivity index (χ0n) is 5.71. The van der Waals surface area contributed by atoms with Crippen molar-refractivity contribution in [2.24, 2.45) is 0 Å². The molecular weight excluding hydrogens is 126 g/mol. The van der Waals surface area contributed by atoms with E-state index in [0.29, 0.717) is 6.04 Å². The topological polar surface area (TPSA) is 20.3 Å². The largest absolute Gasteiger partial charge is 0.315 e. The Kier molecular flexibility index (Phi) is 0.982. The van der Waals surface area contributed by atoms with Crippen molar-refractivity contribution in [1.82, 2.24) is 4.90 Å². The summed E-state index contributed by atoms with van der Waals surface area (Å²) in [4.78, 5) is 12.6. The van der Waals surface area contributed by atoms with Gasteiger partial charge in [0, 0.05) is 18.7 Å². The number of hydrogen-bond acceptors (Lipinski definition) is 1. The summed E-state index contributed by atoms with van der Waals surface area (Å²) in [5.41, 5.74) is 1.19. The van der Waals surface area contributed by atoms with Gasteiger partial charge in [-0.1, -0.05) is 12.7 Å². The summed E-state index contributed by atoms with van der Waals surface area (Å²) < 4.78 is 0. The van der Waals surface area contributed by atoms with Crippen LogP contribution in [0.5, 0.6) is 0 Å². The second kappa shape index (κ2) is 1.72. The van der Waals surface area contributed by atoms with Crippen LogP contribution >= 0.6 is 0 Å². The standard InChI is InChI=1S/C8H9NO/c1-2-6-3-7-4-8(10)9(7)5-6/h2,5,7H,1,3-4H2/t7-/m1/s1. The third-order valence-electron chi connectivity index (χ3n) is 2.13. The second-order valence-electron chi connectivity index (χ2n) is 2.77. The first kappa shape index (κ1) is 5.71. The van der Waals surface area contributed by atoms with Crippen LogP contribution in [0, 0.1) is 0 Å². The highest BCUT2D eigenvalue weighted by molar-refractivity contribution is 5.85. The molecule has 2 aliphatic rings. The Hall–Kier alpha value is -1.05. The molecule has 0 bridgehead atoms. The molecule has 0 radical (unpaired) electrons. The molecule has 0 aromatic heterocycles. The summed E-state index contributed by atoms with van der Waals surface area (Å²) in [6.45, 7) is 3.66. The van der Waals surface area contributed by atoms with E-state index in [1.807, 2.05) is 12.3 Å². The molecule has 1 atom stereocenters. The maximum Gasteiger partial charge on any atom is 0.228 e. The summed E-state index contributed by atoms with van der Waals surface area (Å²) >= 11 is 0. The molecule has 0 N–H and O–H groups in total. The summed E-state index contributed by atoms with van der Waals surface area (Å²) in [6.07, 6.45) is 5.47. The highest BCUT2D eigenvalue weighted by atomic mass is 16.2. The van der Waals surface area contributed by atoms with E-state index in [9.17, 15) is 4.79 Å². The molecule has 0 aliphatic carbocycles. The third kappa shape index (κ3) is 0.561. The minimum Gasteiger partial charge on any atom is -0.315 e. The molecule has 1 fully saturated rings. The first-order valence-electron chi connectivity index (χ1n) is 3.45. The van der Waals surface area contributed by atoms with Gasteiger partial charge in [-0.2, -0.15) is 0 Å². The average molecular weight is 135 g/mol. The molecule has 2 aliphatic heterocycles. The van der Waals surface area contributed by atoms with Gasteiger partial charge in [0.05, 0.1) is 0 Å². The Labute approximate surface area is 59.8 Å². The van der Waals surface area contributed by atoms with Crippen molar-refractivity contribution in [3.8, 4) is 0 Å². The summed E-state index contributed by atoms with van der Waals surface area (Å²) in [6, 6.07) is 0.473. The van der Waals surface area contributed by atoms with Crippen molar-refractivity contribution in [2.45, 2.75) is 18.9 Å². The number of amides is 1. The van der Waals surface area contributed by atoms with Gasteiger partial charge in [0.2, 0.25) is 5.91 Å². The van der Waals surface area contributed by atoms with Crippen LogP contribution < -0.4 is 0 Å². The number of hydrogen-bond donors (Lipinski definition) is 0. The van der Waals surface area contributed by atoms with Crippen LogP contribution in [0.1, 0.15) is 12.8 Å². The van der Waals surface area contributed by atoms with Gasteiger partial charge in [0.15, 0.2) is 0 Å². The Morgan fingerprint density at radius 1 is 1.70 bits per heavy atom. The number of allylic oxidation sites excluding steroid dienone is 1. The lowest BCUT2D eigenvalue weighted by Gasteiger charge is -2.32. The molecule has 0 aromatic rings. The van der Waals surface area contributed by atoms with Crippen LogP contribution in [0.15, 0.2) is 24.4 Å². The fourth-order valence-corrected chi connectivity index (χ4v) is 1.48. The van der Waals surface area contributed by atoms with Crippen molar-refractivity contribution < 1.29 is 4.79 Å². The average Bonchev–Trinajstić information content (AvgIpc) is 2.26. The molecular formula is C8H9NO. The predicted molar refractivity (Wildman–Crippen MR) is 38.1 cm³/mol. The number of carbonyl (C=O) groups excluding carboxylic acids is 1. The zero-order valence-corrected chi connectivity index (χ0v) is 5.71. The minimum atomic E-state index is 0.252. The van der Waals surface area contributed by atoms with Crippen LogP contribution in [0.25, 0.3) is 0 Å². The minimum absolute atomic E-state index is 0.252. The molecule has 0 saturated carbocycles. The van der Waals surface area contributed by atoms with Gasteiger partial charge >= 0.3 is 0 Å². The summed E-state index contributed by atoms with van der Waals surface area (Å²) in [7, 11) is 0. The second-order valence-corrected chi connectivity index (χ2v) is 2.77. The Balaban J connectivity index is 2.19. The van der Waals surface area contributed by atoms with Gasteiger partial charge in [-0.3, -0.25) is 4.79 Å². The molecule has 2 rings (SSSR count). The van der Waals surface area contributed by atoms with Gasteiger partial charge in [-0.05, 0) is 12.0 Å². The fourth-order valence-electron chi connectivity index (χ4n) is 1.48. The normalized spacial score (nSPS) is 29.2. The fraction of sp³-hybridized carbons (Fsp3) is 0.375. The highest BCUT2D eigenvalue weighted by Crippen LogP contribution is 2.32. The maximum absolute atomic E-state index is 10.8. The van der Waals surface area contributed by atoms with Crippen LogP contribution in [0.2, 0.25) is 0 Å². The van der Waals surface area contributed by atoms with E-state index >= 15 is 0 Å². The van der Waals surface area contributed by atoms with E-state index in [1.165, 1.54) is 5.57 Å². The molecule has 0 unspecified atom stereocenters. The van der Waals surface area contributed by atoms with E-state index < -0.39 is 0 Å². The van der Waals surface area contributed by atoms with Crippen LogP contribution in [0.3, 0.4) is 0 Å². The quantitative estimate of drug-likeness (QED) is 0.492. The van der Waals surface area contributed by atoms with Crippen LogP contribution in [0.4, 0.5) is 0 Å². The van der Waals surface area contributed by atoms with E-state index in [4.69, 9.17) is 0 Å². The maximum atomic E-state index is 10.8. The number of nitrogens with zero attached hydrogens (tertiary/aromatic N) is 1. The van der Waals surface area contributed by atoms with E-state index in [0.717, 1.165) is 12.8 Å². The lowest BCUT2D eigenvalue weighted by molar-refractivity contribution is -0.140. The molecule has 2 heteroatoms. The van der Waals surface area contributed by atoms with Crippen LogP contribution in [-0.2, 0) is 4.79 Å². The number of carbonyl (C=O) groups is 1. The number of β-lactam (4-membered cyclic amide) rings is 1. The Morgan fingerprint density at radius 3 is 3.00 bits per heavy atom. The van der Waals surface area contributed by atoms with Crippen molar-refractivity contribution in [2.75, 3.05) is 0 Å². The zero-order chi connectivity index (χ0) is 7.14. The molecule has 0 aromatic carbocycles. The van der Waals surface area contributed by atoms with Crippen molar-refractivity contribution in [3.05, 3.63) is 24.4 Å². The first-order valence-corrected chi connectivity index (χ1v) is 3.45. The highest BCUT2D eigenvalue weighted by Gasteiger charge is 2.38. The SMILES string of the molecule is C=CC1=CN2C(=O)C[C@H]2C1. The molecule has 2 nitrogen and oxygen atoms in total. The first-order chi connectivity index (χ1) is 4.81. The lowest BCUT2D eigenvalue weighted by atomic mass is 10.0. The monoisotopic (exact) mass is 135 g/mol. The van der Waals surface area contributed by atoms with Gasteiger partial charge in [-0.15, -0.1) is 0 Å². The van der Waals surface area contributed by atoms with E-state index in [2.05, 4.69) is 6.58 Å². The van der Waals surface area contributed by atoms with Crippen LogP contribution in [-0.4, -0.2) is 16.8 Å². The number of fused-ring (bicyclic) bond motifs is 1. The van der Waals surface area contributed by atoms with Gasteiger partial charge in [-0.25, -0.2) is 0 Å². The molecule has 2 heterocycles. The summed E-state index contributed by atoms with van der Waals surface area (Å²) in [5, 5.41) is 0. The summed E-state index contributed by atoms with van der Waals surface area (Å²) in [5.74, 6) is 0.252. The molecule has 1 saturated heterocycles. The third-order valence-corrected chi connectivity index (χ3v) is 2.13. The Bertz CT molecular complexity index is 229. The van der Waals surface area contributed by atoms with E-state index in [1.54, 1.807) is 4.90 Å². The molecule has 52 valence electrons. The van der Waals surface area contributed by atoms with E-state index in [-0.39, 0.29) is 5.91 Å². The molecule has 1 amide bonds. The number of rotatable bonds is 1. The van der Waals surface area contributed by atoms with Gasteiger partial charge in [0.1, 0.15) is 0 Å². The van der Waals surface area contributed by atoms with Gasteiger partial charge < -0.3 is 4.90 Å².